The predicted octanol–water partition coefficient (Wildman–Crippen LogP) is 0.504. The number of nitrogens with two attached hydrogens (primary N) is 1. The van der Waals surface area contributed by atoms with E-state index in [1.54, 1.807) is 12.4 Å². The van der Waals surface area contributed by atoms with Crippen molar-refractivity contribution in [1.82, 2.24) is 19.8 Å². The minimum absolute atomic E-state index is 0.0531. The van der Waals surface area contributed by atoms with Crippen LogP contribution in [0, 0.1) is 0 Å². The summed E-state index contributed by atoms with van der Waals surface area (Å²) in [4.78, 5) is 0. The SMILES string of the molecule is NC(Cc1csnn1)c1cn[nH]c1. The average Bonchev–Trinajstić information content (AvgIpc) is 2.74. The third-order valence-electron chi connectivity index (χ3n) is 1.78. The maximum Gasteiger partial charge on any atom is 0.0774 e. The van der Waals surface area contributed by atoms with Crippen molar-refractivity contribution in [2.24, 2.45) is 5.73 Å². The average molecular weight is 195 g/mol. The molecule has 2 aromatic heterocycles. The Morgan fingerprint density at radius 1 is 1.62 bits per heavy atom. The lowest BCUT2D eigenvalue weighted by atomic mass is 10.1. The fourth-order valence-corrected chi connectivity index (χ4v) is 1.54. The van der Waals surface area contributed by atoms with Crippen molar-refractivity contribution in [2.75, 3.05) is 0 Å². The first-order valence-electron chi connectivity index (χ1n) is 3.86. The molecule has 2 aromatic rings. The van der Waals surface area contributed by atoms with E-state index in [2.05, 4.69) is 19.8 Å². The standard InChI is InChI=1S/C7H9N5S/c8-7(5-2-9-10-3-5)1-6-4-13-12-11-6/h2-4,7H,1,8H2,(H,9,10). The van der Waals surface area contributed by atoms with Crippen molar-refractivity contribution in [1.29, 1.82) is 0 Å². The zero-order valence-corrected chi connectivity index (χ0v) is 7.66. The fraction of sp³-hybridized carbons (Fsp3) is 0.286. The van der Waals surface area contributed by atoms with Crippen LogP contribution in [0.25, 0.3) is 0 Å². The van der Waals surface area contributed by atoms with Crippen LogP contribution in [0.3, 0.4) is 0 Å². The number of nitrogens with one attached hydrogen (secondary N) is 1. The lowest BCUT2D eigenvalue weighted by Crippen LogP contribution is -2.12. The van der Waals surface area contributed by atoms with Gasteiger partial charge in [0.25, 0.3) is 0 Å². The summed E-state index contributed by atoms with van der Waals surface area (Å²) < 4.78 is 3.77. The van der Waals surface area contributed by atoms with E-state index in [4.69, 9.17) is 5.73 Å². The second-order valence-corrected chi connectivity index (χ2v) is 3.35. The molecule has 6 heteroatoms. The highest BCUT2D eigenvalue weighted by atomic mass is 32.1. The molecule has 0 aliphatic rings. The van der Waals surface area contributed by atoms with Crippen molar-refractivity contribution in [3.05, 3.63) is 29.0 Å². The van der Waals surface area contributed by atoms with E-state index in [-0.39, 0.29) is 6.04 Å². The molecular weight excluding hydrogens is 186 g/mol. The minimum atomic E-state index is -0.0531. The second-order valence-electron chi connectivity index (χ2n) is 2.74. The molecule has 0 fully saturated rings. The van der Waals surface area contributed by atoms with Crippen molar-refractivity contribution in [2.45, 2.75) is 12.5 Å². The molecule has 0 spiro atoms. The van der Waals surface area contributed by atoms with Gasteiger partial charge in [-0.1, -0.05) is 4.49 Å². The lowest BCUT2D eigenvalue weighted by Gasteiger charge is -2.05. The van der Waals surface area contributed by atoms with Gasteiger partial charge in [0.05, 0.1) is 11.9 Å². The molecule has 2 rings (SSSR count). The Morgan fingerprint density at radius 3 is 3.15 bits per heavy atom. The van der Waals surface area contributed by atoms with Gasteiger partial charge in [0.1, 0.15) is 0 Å². The third-order valence-corrected chi connectivity index (χ3v) is 2.34. The molecule has 3 N–H and O–H groups in total. The molecule has 13 heavy (non-hydrogen) atoms. The van der Waals surface area contributed by atoms with Gasteiger partial charge in [-0.15, -0.1) is 5.10 Å². The summed E-state index contributed by atoms with van der Waals surface area (Å²) in [6.07, 6.45) is 4.23. The van der Waals surface area contributed by atoms with Gasteiger partial charge in [-0.2, -0.15) is 5.10 Å². The number of nitrogens with zero attached hydrogens (tertiary/aromatic N) is 3. The van der Waals surface area contributed by atoms with Crippen LogP contribution in [-0.2, 0) is 6.42 Å². The highest BCUT2D eigenvalue weighted by Gasteiger charge is 2.09. The molecule has 68 valence electrons. The van der Waals surface area contributed by atoms with E-state index >= 15 is 0 Å². The molecule has 0 aromatic carbocycles. The van der Waals surface area contributed by atoms with E-state index in [0.717, 1.165) is 11.3 Å². The summed E-state index contributed by atoms with van der Waals surface area (Å²) in [5.41, 5.74) is 7.83. The zero-order valence-electron chi connectivity index (χ0n) is 6.84. The molecule has 5 nitrogen and oxygen atoms in total. The molecule has 0 aliphatic heterocycles. The number of aromatic nitrogens is 4. The summed E-state index contributed by atoms with van der Waals surface area (Å²) in [6.45, 7) is 0. The summed E-state index contributed by atoms with van der Waals surface area (Å²) in [7, 11) is 0. The fourth-order valence-electron chi connectivity index (χ4n) is 1.08. The van der Waals surface area contributed by atoms with E-state index in [9.17, 15) is 0 Å². The number of hydrogen-bond donors (Lipinski definition) is 2. The summed E-state index contributed by atoms with van der Waals surface area (Å²) in [5.74, 6) is 0. The Bertz CT molecular complexity index is 341. The smallest absolute Gasteiger partial charge is 0.0774 e. The molecule has 0 aliphatic carbocycles. The Kier molecular flexibility index (Phi) is 2.33. The summed E-state index contributed by atoms with van der Waals surface area (Å²) in [5, 5.41) is 12.4. The quantitative estimate of drug-likeness (QED) is 0.747. The Hall–Kier alpha value is -1.27. The zero-order chi connectivity index (χ0) is 9.10. The van der Waals surface area contributed by atoms with Gasteiger partial charge in [-0.05, 0) is 11.5 Å². The molecular formula is C7H9N5S. The van der Waals surface area contributed by atoms with Crippen molar-refractivity contribution >= 4 is 11.5 Å². The molecule has 1 atom stereocenters. The molecule has 0 amide bonds. The third kappa shape index (κ3) is 1.90. The van der Waals surface area contributed by atoms with Crippen LogP contribution in [0.5, 0.6) is 0 Å². The molecule has 2 heterocycles. The van der Waals surface area contributed by atoms with Crippen LogP contribution in [0.1, 0.15) is 17.3 Å². The summed E-state index contributed by atoms with van der Waals surface area (Å²) in [6, 6.07) is -0.0531. The highest BCUT2D eigenvalue weighted by molar-refractivity contribution is 7.03. The molecule has 0 saturated heterocycles. The van der Waals surface area contributed by atoms with Gasteiger partial charge >= 0.3 is 0 Å². The van der Waals surface area contributed by atoms with Gasteiger partial charge in [0.15, 0.2) is 0 Å². The van der Waals surface area contributed by atoms with Crippen molar-refractivity contribution < 1.29 is 0 Å². The maximum absolute atomic E-state index is 5.91. The second kappa shape index (κ2) is 3.63. The summed E-state index contributed by atoms with van der Waals surface area (Å²) >= 11 is 1.34. The minimum Gasteiger partial charge on any atom is -0.324 e. The number of hydrogen-bond acceptors (Lipinski definition) is 5. The van der Waals surface area contributed by atoms with Crippen molar-refractivity contribution in [3.8, 4) is 0 Å². The number of rotatable bonds is 3. The van der Waals surface area contributed by atoms with Crippen LogP contribution in [0.2, 0.25) is 0 Å². The van der Waals surface area contributed by atoms with Crippen LogP contribution in [0.15, 0.2) is 17.8 Å². The van der Waals surface area contributed by atoms with Crippen molar-refractivity contribution in [3.63, 3.8) is 0 Å². The number of H-pyrrole nitrogens is 1. The lowest BCUT2D eigenvalue weighted by molar-refractivity contribution is 0.704. The molecule has 0 saturated carbocycles. The van der Waals surface area contributed by atoms with Crippen LogP contribution in [-0.4, -0.2) is 19.8 Å². The van der Waals surface area contributed by atoms with E-state index in [0.29, 0.717) is 6.42 Å². The largest absolute Gasteiger partial charge is 0.324 e. The van der Waals surface area contributed by atoms with E-state index in [1.807, 2.05) is 5.38 Å². The molecule has 0 bridgehead atoms. The molecule has 0 radical (unpaired) electrons. The Labute approximate surface area is 79.1 Å². The first-order valence-corrected chi connectivity index (χ1v) is 4.70. The van der Waals surface area contributed by atoms with Gasteiger partial charge in [-0.3, -0.25) is 5.10 Å². The normalized spacial score (nSPS) is 13.0. The van der Waals surface area contributed by atoms with Crippen LogP contribution in [0.4, 0.5) is 0 Å². The van der Waals surface area contributed by atoms with Gasteiger partial charge < -0.3 is 5.73 Å². The van der Waals surface area contributed by atoms with Gasteiger partial charge in [0.2, 0.25) is 0 Å². The Balaban J connectivity index is 2.04. The maximum atomic E-state index is 5.91. The van der Waals surface area contributed by atoms with E-state index < -0.39 is 0 Å². The highest BCUT2D eigenvalue weighted by Crippen LogP contribution is 2.13. The van der Waals surface area contributed by atoms with Gasteiger partial charge in [-0.25, -0.2) is 0 Å². The van der Waals surface area contributed by atoms with E-state index in [1.165, 1.54) is 11.5 Å². The van der Waals surface area contributed by atoms with Crippen LogP contribution >= 0.6 is 11.5 Å². The topological polar surface area (TPSA) is 80.5 Å². The van der Waals surface area contributed by atoms with Gasteiger partial charge in [0, 0.05) is 29.6 Å². The first kappa shape index (κ1) is 8.33. The molecule has 1 unspecified atom stereocenters. The monoisotopic (exact) mass is 195 g/mol. The first-order chi connectivity index (χ1) is 6.36. The predicted molar refractivity (Wildman–Crippen MR) is 49.1 cm³/mol. The Morgan fingerprint density at radius 2 is 2.54 bits per heavy atom. The van der Waals surface area contributed by atoms with Crippen LogP contribution < -0.4 is 5.73 Å². The number of aromatic amines is 1.